The van der Waals surface area contributed by atoms with Gasteiger partial charge < -0.3 is 14.5 Å². The molecule has 1 heterocycles. The Morgan fingerprint density at radius 2 is 2.10 bits per heavy atom. The molecule has 0 saturated carbocycles. The second kappa shape index (κ2) is 6.57. The van der Waals surface area contributed by atoms with Gasteiger partial charge in [0.25, 0.3) is 0 Å². The Balaban J connectivity index is 2.24. The third-order valence-corrected chi connectivity index (χ3v) is 3.24. The van der Waals surface area contributed by atoms with E-state index in [1.807, 2.05) is 26.0 Å². The van der Waals surface area contributed by atoms with E-state index in [-0.39, 0.29) is 17.6 Å². The van der Waals surface area contributed by atoms with Crippen molar-refractivity contribution in [3.63, 3.8) is 0 Å². The van der Waals surface area contributed by atoms with Gasteiger partial charge in [-0.15, -0.1) is 0 Å². The zero-order valence-electron chi connectivity index (χ0n) is 12.1. The predicted octanol–water partition coefficient (Wildman–Crippen LogP) is 3.63. The van der Waals surface area contributed by atoms with Crippen molar-refractivity contribution in [1.82, 2.24) is 5.32 Å². The number of likely N-dealkylation sites (N-methyl/N-ethyl adjacent to an activating group) is 1. The van der Waals surface area contributed by atoms with Gasteiger partial charge >= 0.3 is 0 Å². The summed E-state index contributed by atoms with van der Waals surface area (Å²) in [6, 6.07) is 9.00. The van der Waals surface area contributed by atoms with Gasteiger partial charge in [-0.2, -0.15) is 0 Å². The van der Waals surface area contributed by atoms with Crippen molar-refractivity contribution in [2.45, 2.75) is 26.3 Å². The Hall–Kier alpha value is -1.81. The fraction of sp³-hybridized carbons (Fsp3) is 0.375. The number of furan rings is 1. The van der Waals surface area contributed by atoms with Gasteiger partial charge in [0.15, 0.2) is 11.6 Å². The highest BCUT2D eigenvalue weighted by atomic mass is 19.1. The Morgan fingerprint density at radius 3 is 2.70 bits per heavy atom. The summed E-state index contributed by atoms with van der Waals surface area (Å²) in [6.07, 6.45) is 0.518. The Morgan fingerprint density at radius 1 is 1.30 bits per heavy atom. The van der Waals surface area contributed by atoms with Gasteiger partial charge in [0, 0.05) is 0 Å². The summed E-state index contributed by atoms with van der Waals surface area (Å²) in [5.41, 5.74) is 0.615. The standard InChI is InChI=1S/C16H20FNO2/c1-4-18-13(14-9-8-11(2)20-14)10-12-6-5-7-15(19-3)16(12)17/h5-9,13,18H,4,10H2,1-3H3. The lowest BCUT2D eigenvalue weighted by Crippen LogP contribution is -2.23. The summed E-state index contributed by atoms with van der Waals surface area (Å²) in [6.45, 7) is 4.71. The number of benzene rings is 1. The maximum absolute atomic E-state index is 14.2. The van der Waals surface area contributed by atoms with E-state index >= 15 is 0 Å². The molecule has 108 valence electrons. The molecule has 2 aromatic rings. The average Bonchev–Trinajstić information content (AvgIpc) is 2.87. The number of ether oxygens (including phenoxy) is 1. The highest BCUT2D eigenvalue weighted by molar-refractivity contribution is 5.32. The highest BCUT2D eigenvalue weighted by Crippen LogP contribution is 2.26. The Kier molecular flexibility index (Phi) is 4.79. The number of rotatable bonds is 6. The number of aryl methyl sites for hydroxylation is 1. The van der Waals surface area contributed by atoms with Crippen LogP contribution in [-0.4, -0.2) is 13.7 Å². The van der Waals surface area contributed by atoms with Gasteiger partial charge in [-0.25, -0.2) is 4.39 Å². The molecule has 2 rings (SSSR count). The monoisotopic (exact) mass is 277 g/mol. The summed E-state index contributed by atoms with van der Waals surface area (Å²) in [5.74, 6) is 1.65. The van der Waals surface area contributed by atoms with Crippen molar-refractivity contribution in [2.75, 3.05) is 13.7 Å². The minimum absolute atomic E-state index is 0.0460. The van der Waals surface area contributed by atoms with Crippen LogP contribution in [0.1, 0.15) is 30.0 Å². The molecule has 0 saturated heterocycles. The van der Waals surface area contributed by atoms with Crippen molar-refractivity contribution in [1.29, 1.82) is 0 Å². The van der Waals surface area contributed by atoms with Crippen LogP contribution in [0.4, 0.5) is 4.39 Å². The normalized spacial score (nSPS) is 12.4. The number of nitrogens with one attached hydrogen (secondary N) is 1. The first kappa shape index (κ1) is 14.6. The van der Waals surface area contributed by atoms with Crippen LogP contribution in [0.2, 0.25) is 0 Å². The molecule has 0 aliphatic heterocycles. The summed E-state index contributed by atoms with van der Waals surface area (Å²) < 4.78 is 24.9. The minimum Gasteiger partial charge on any atom is -0.494 e. The van der Waals surface area contributed by atoms with Crippen molar-refractivity contribution < 1.29 is 13.5 Å². The Bertz CT molecular complexity index is 565. The van der Waals surface area contributed by atoms with Gasteiger partial charge in [0.1, 0.15) is 11.5 Å². The molecule has 0 bridgehead atoms. The van der Waals surface area contributed by atoms with E-state index in [1.54, 1.807) is 18.2 Å². The molecule has 0 fully saturated rings. The van der Waals surface area contributed by atoms with Crippen LogP contribution in [0, 0.1) is 12.7 Å². The fourth-order valence-electron chi connectivity index (χ4n) is 2.25. The number of methoxy groups -OCH3 is 1. The van der Waals surface area contributed by atoms with Crippen molar-refractivity contribution in [3.05, 3.63) is 53.2 Å². The molecular formula is C16H20FNO2. The van der Waals surface area contributed by atoms with E-state index in [0.29, 0.717) is 12.0 Å². The third kappa shape index (κ3) is 3.20. The maximum Gasteiger partial charge on any atom is 0.168 e. The lowest BCUT2D eigenvalue weighted by molar-refractivity contribution is 0.376. The topological polar surface area (TPSA) is 34.4 Å². The highest BCUT2D eigenvalue weighted by Gasteiger charge is 2.18. The first-order valence-corrected chi connectivity index (χ1v) is 6.76. The molecule has 1 atom stereocenters. The summed E-state index contributed by atoms with van der Waals surface area (Å²) in [4.78, 5) is 0. The van der Waals surface area contributed by atoms with Crippen LogP contribution in [-0.2, 0) is 6.42 Å². The quantitative estimate of drug-likeness (QED) is 0.875. The van der Waals surface area contributed by atoms with Crippen molar-refractivity contribution in [3.8, 4) is 5.75 Å². The van der Waals surface area contributed by atoms with Crippen LogP contribution in [0.15, 0.2) is 34.7 Å². The molecule has 0 aliphatic carbocycles. The molecule has 0 spiro atoms. The number of halogens is 1. The zero-order chi connectivity index (χ0) is 14.5. The van der Waals surface area contributed by atoms with Gasteiger partial charge in [0.05, 0.1) is 13.2 Å². The van der Waals surface area contributed by atoms with Crippen LogP contribution in [0.5, 0.6) is 5.75 Å². The molecule has 0 radical (unpaired) electrons. The lowest BCUT2D eigenvalue weighted by atomic mass is 10.0. The van der Waals surface area contributed by atoms with Crippen molar-refractivity contribution >= 4 is 0 Å². The largest absolute Gasteiger partial charge is 0.494 e. The molecule has 1 aromatic heterocycles. The fourth-order valence-corrected chi connectivity index (χ4v) is 2.25. The predicted molar refractivity (Wildman–Crippen MR) is 76.5 cm³/mol. The van der Waals surface area contributed by atoms with E-state index in [0.717, 1.165) is 18.1 Å². The molecule has 0 aliphatic rings. The van der Waals surface area contributed by atoms with E-state index in [1.165, 1.54) is 7.11 Å². The molecule has 1 aromatic carbocycles. The number of hydrogen-bond acceptors (Lipinski definition) is 3. The van der Waals surface area contributed by atoms with Crippen LogP contribution >= 0.6 is 0 Å². The average molecular weight is 277 g/mol. The summed E-state index contributed by atoms with van der Waals surface area (Å²) in [5, 5.41) is 3.32. The smallest absolute Gasteiger partial charge is 0.168 e. The maximum atomic E-state index is 14.2. The molecular weight excluding hydrogens is 257 g/mol. The SMILES string of the molecule is CCNC(Cc1cccc(OC)c1F)c1ccc(C)o1. The van der Waals surface area contributed by atoms with E-state index in [9.17, 15) is 4.39 Å². The summed E-state index contributed by atoms with van der Waals surface area (Å²) >= 11 is 0. The first-order valence-electron chi connectivity index (χ1n) is 6.76. The van der Waals surface area contributed by atoms with Crippen LogP contribution in [0.3, 0.4) is 0 Å². The lowest BCUT2D eigenvalue weighted by Gasteiger charge is -2.16. The second-order valence-electron chi connectivity index (χ2n) is 4.70. The molecule has 3 nitrogen and oxygen atoms in total. The van der Waals surface area contributed by atoms with Crippen molar-refractivity contribution in [2.24, 2.45) is 0 Å². The van der Waals surface area contributed by atoms with Gasteiger partial charge in [-0.3, -0.25) is 0 Å². The molecule has 0 amide bonds. The molecule has 4 heteroatoms. The van der Waals surface area contributed by atoms with Crippen LogP contribution in [0.25, 0.3) is 0 Å². The number of hydrogen-bond donors (Lipinski definition) is 1. The van der Waals surface area contributed by atoms with Gasteiger partial charge in [0.2, 0.25) is 0 Å². The van der Waals surface area contributed by atoms with Crippen LogP contribution < -0.4 is 10.1 Å². The summed E-state index contributed by atoms with van der Waals surface area (Å²) in [7, 11) is 1.47. The third-order valence-electron chi connectivity index (χ3n) is 3.24. The van der Waals surface area contributed by atoms with E-state index < -0.39 is 0 Å². The second-order valence-corrected chi connectivity index (χ2v) is 4.70. The molecule has 1 N–H and O–H groups in total. The molecule has 1 unspecified atom stereocenters. The van der Waals surface area contributed by atoms with Gasteiger partial charge in [-0.1, -0.05) is 19.1 Å². The molecule has 20 heavy (non-hydrogen) atoms. The first-order chi connectivity index (χ1) is 9.65. The Labute approximate surface area is 118 Å². The zero-order valence-corrected chi connectivity index (χ0v) is 12.1. The van der Waals surface area contributed by atoms with E-state index in [2.05, 4.69) is 5.32 Å². The minimum atomic E-state index is -0.304. The van der Waals surface area contributed by atoms with E-state index in [4.69, 9.17) is 9.15 Å². The van der Waals surface area contributed by atoms with Gasteiger partial charge in [-0.05, 0) is 43.7 Å².